The van der Waals surface area contributed by atoms with Crippen molar-refractivity contribution in [3.63, 3.8) is 0 Å². The number of carboxylic acid groups (broad SMARTS) is 2. The Morgan fingerprint density at radius 3 is 2.00 bits per heavy atom. The molecule has 0 bridgehead atoms. The first-order valence-corrected chi connectivity index (χ1v) is 15.9. The number of rotatable bonds is 9. The molecule has 1 saturated heterocycles. The topological polar surface area (TPSA) is 311 Å². The SMILES string of the molecule is NCC(O)CNS(=O)(=O)c1ccc(N2CCCC(CN)CC2)c(-c2nn[nH]n2)c1S(N)(=O)=O.O=C(O)C(F)(F)F.O=C(O)C(F)(F)F. The van der Waals surface area contributed by atoms with Gasteiger partial charge in [0, 0.05) is 31.9 Å². The summed E-state index contributed by atoms with van der Waals surface area (Å²) in [6, 6.07) is 2.66. The minimum absolute atomic E-state index is 0.0697. The third-order valence-corrected chi connectivity index (χ3v) is 8.62. The fourth-order valence-electron chi connectivity index (χ4n) is 3.80. The number of halogens is 6. The molecule has 2 atom stereocenters. The number of nitrogens with two attached hydrogens (primary N) is 3. The van der Waals surface area contributed by atoms with Crippen molar-refractivity contribution in [3.8, 4) is 11.4 Å². The van der Waals surface area contributed by atoms with Gasteiger partial charge in [-0.3, -0.25) is 0 Å². The lowest BCUT2D eigenvalue weighted by Gasteiger charge is -2.27. The Balaban J connectivity index is 0.000000658. The summed E-state index contributed by atoms with van der Waals surface area (Å²) in [7, 11) is -8.98. The molecule has 2 heterocycles. The number of aliphatic hydroxyl groups is 1. The van der Waals surface area contributed by atoms with Crippen LogP contribution in [0.2, 0.25) is 0 Å². The highest BCUT2D eigenvalue weighted by atomic mass is 32.2. The zero-order valence-electron chi connectivity index (χ0n) is 23.9. The Bertz CT molecular complexity index is 1530. The number of nitrogens with one attached hydrogen (secondary N) is 2. The molecule has 3 rings (SSSR count). The number of primary sulfonamides is 1. The fraction of sp³-hybridized carbons (Fsp3) is 0.571. The Morgan fingerprint density at radius 2 is 1.57 bits per heavy atom. The fourth-order valence-corrected chi connectivity index (χ4v) is 6.47. The average molecular weight is 732 g/mol. The van der Waals surface area contributed by atoms with Gasteiger partial charge in [0.25, 0.3) is 0 Å². The van der Waals surface area contributed by atoms with Gasteiger partial charge in [-0.2, -0.15) is 31.6 Å². The summed E-state index contributed by atoms with van der Waals surface area (Å²) >= 11 is 0. The maximum Gasteiger partial charge on any atom is 0.490 e. The first kappa shape index (κ1) is 41.3. The van der Waals surface area contributed by atoms with Crippen molar-refractivity contribution in [3.05, 3.63) is 12.1 Å². The number of aromatic nitrogens is 4. The van der Waals surface area contributed by atoms with Crippen LogP contribution in [-0.4, -0.2) is 116 Å². The molecule has 26 heteroatoms. The number of hydrogen-bond acceptors (Lipinski definition) is 13. The van der Waals surface area contributed by atoms with Gasteiger partial charge in [-0.1, -0.05) is 0 Å². The van der Waals surface area contributed by atoms with E-state index in [1.807, 2.05) is 4.90 Å². The lowest BCUT2D eigenvalue weighted by molar-refractivity contribution is -0.193. The Labute approximate surface area is 262 Å². The number of H-pyrrole nitrogens is 1. The van der Waals surface area contributed by atoms with Crippen molar-refractivity contribution in [2.24, 2.45) is 22.5 Å². The zero-order chi connectivity index (χ0) is 36.4. The minimum atomic E-state index is -5.08. The second-order valence-corrected chi connectivity index (χ2v) is 12.7. The molecule has 2 aromatic rings. The number of nitrogens with zero attached hydrogens (tertiary/aromatic N) is 4. The Hall–Kier alpha value is -3.69. The highest BCUT2D eigenvalue weighted by Crippen LogP contribution is 2.39. The molecular formula is C21H31F6N9O9S2. The van der Waals surface area contributed by atoms with Gasteiger partial charge in [0.1, 0.15) is 9.79 Å². The predicted octanol–water partition coefficient (Wildman–Crippen LogP) is -1.06. The van der Waals surface area contributed by atoms with Crippen LogP contribution in [0.25, 0.3) is 11.4 Å². The molecular weight excluding hydrogens is 700 g/mol. The molecule has 1 aliphatic rings. The minimum Gasteiger partial charge on any atom is -0.475 e. The van der Waals surface area contributed by atoms with E-state index < -0.39 is 66.8 Å². The number of alkyl halides is 6. The number of aliphatic hydroxyl groups excluding tert-OH is 1. The number of benzene rings is 1. The third kappa shape index (κ3) is 12.8. The highest BCUT2D eigenvalue weighted by Gasteiger charge is 2.39. The largest absolute Gasteiger partial charge is 0.490 e. The quantitative estimate of drug-likeness (QED) is 0.143. The van der Waals surface area contributed by atoms with Gasteiger partial charge in [-0.15, -0.1) is 10.2 Å². The van der Waals surface area contributed by atoms with Crippen molar-refractivity contribution in [1.29, 1.82) is 0 Å². The lowest BCUT2D eigenvalue weighted by Crippen LogP contribution is -2.37. The highest BCUT2D eigenvalue weighted by molar-refractivity contribution is 7.92. The van der Waals surface area contributed by atoms with E-state index in [0.29, 0.717) is 31.2 Å². The molecule has 0 aliphatic carbocycles. The number of anilines is 1. The molecule has 1 fully saturated rings. The van der Waals surface area contributed by atoms with Gasteiger partial charge < -0.3 is 31.7 Å². The summed E-state index contributed by atoms with van der Waals surface area (Å²) in [5.41, 5.74) is 11.5. The van der Waals surface area contributed by atoms with Crippen LogP contribution in [0.1, 0.15) is 19.3 Å². The van der Waals surface area contributed by atoms with Crippen LogP contribution in [0, 0.1) is 5.92 Å². The summed E-state index contributed by atoms with van der Waals surface area (Å²) in [4.78, 5) is 18.5. The predicted molar refractivity (Wildman–Crippen MR) is 147 cm³/mol. The van der Waals surface area contributed by atoms with Crippen LogP contribution >= 0.6 is 0 Å². The number of hydrogen-bond donors (Lipinski definition) is 8. The van der Waals surface area contributed by atoms with E-state index in [-0.39, 0.29) is 17.9 Å². The summed E-state index contributed by atoms with van der Waals surface area (Å²) in [5, 5.41) is 42.9. The van der Waals surface area contributed by atoms with E-state index in [9.17, 15) is 48.3 Å². The van der Waals surface area contributed by atoms with Crippen LogP contribution < -0.4 is 26.2 Å². The van der Waals surface area contributed by atoms with Crippen LogP contribution in [0.15, 0.2) is 21.9 Å². The van der Waals surface area contributed by atoms with Gasteiger partial charge in [0.15, 0.2) is 0 Å². The van der Waals surface area contributed by atoms with Gasteiger partial charge >= 0.3 is 24.3 Å². The van der Waals surface area contributed by atoms with Gasteiger partial charge in [-0.05, 0) is 49.1 Å². The molecule has 1 aliphatic heterocycles. The average Bonchev–Trinajstić information content (AvgIpc) is 3.39. The second kappa shape index (κ2) is 16.9. The number of tetrazole rings is 1. The molecule has 1 aromatic heterocycles. The number of aliphatic carboxylic acids is 2. The maximum absolute atomic E-state index is 13.0. The molecule has 11 N–H and O–H groups in total. The second-order valence-electron chi connectivity index (χ2n) is 9.43. The molecule has 0 radical (unpaired) electrons. The van der Waals surface area contributed by atoms with Crippen LogP contribution in [0.4, 0.5) is 32.0 Å². The van der Waals surface area contributed by atoms with Crippen molar-refractivity contribution in [2.45, 2.75) is 47.5 Å². The van der Waals surface area contributed by atoms with Gasteiger partial charge in [-0.25, -0.2) is 36.3 Å². The number of carboxylic acids is 2. The van der Waals surface area contributed by atoms with E-state index in [4.69, 9.17) is 36.4 Å². The monoisotopic (exact) mass is 731 g/mol. The van der Waals surface area contributed by atoms with Gasteiger partial charge in [0.2, 0.25) is 25.9 Å². The summed E-state index contributed by atoms with van der Waals surface area (Å²) in [6.07, 6.45) is -8.80. The number of aromatic amines is 1. The first-order chi connectivity index (χ1) is 21.5. The maximum atomic E-state index is 13.0. The Morgan fingerprint density at radius 1 is 1.02 bits per heavy atom. The smallest absolute Gasteiger partial charge is 0.475 e. The molecule has 0 saturated carbocycles. The van der Waals surface area contributed by atoms with E-state index in [1.165, 1.54) is 12.1 Å². The summed E-state index contributed by atoms with van der Waals surface area (Å²) < 4.78 is 117. The van der Waals surface area contributed by atoms with E-state index >= 15 is 0 Å². The summed E-state index contributed by atoms with van der Waals surface area (Å²) in [6.45, 7) is 1.12. The van der Waals surface area contributed by atoms with E-state index in [0.717, 1.165) is 19.3 Å². The molecule has 268 valence electrons. The first-order valence-electron chi connectivity index (χ1n) is 12.8. The molecule has 1 aromatic carbocycles. The number of sulfonamides is 2. The third-order valence-electron chi connectivity index (χ3n) is 6.03. The van der Waals surface area contributed by atoms with Gasteiger partial charge in [0.05, 0.1) is 11.7 Å². The molecule has 47 heavy (non-hydrogen) atoms. The van der Waals surface area contributed by atoms with Crippen LogP contribution in [0.5, 0.6) is 0 Å². The summed E-state index contributed by atoms with van der Waals surface area (Å²) in [5.74, 6) is -5.30. The number of carbonyl (C=O) groups is 2. The van der Waals surface area contributed by atoms with E-state index in [2.05, 4.69) is 25.3 Å². The van der Waals surface area contributed by atoms with Crippen molar-refractivity contribution < 1.29 is 68.1 Å². The zero-order valence-corrected chi connectivity index (χ0v) is 25.5. The molecule has 2 unspecified atom stereocenters. The molecule has 18 nitrogen and oxygen atoms in total. The van der Waals surface area contributed by atoms with Crippen molar-refractivity contribution in [2.75, 3.05) is 37.6 Å². The van der Waals surface area contributed by atoms with Crippen LogP contribution in [0.3, 0.4) is 0 Å². The Kier molecular flexibility index (Phi) is 14.9. The molecule has 0 spiro atoms. The normalized spacial score (nSPS) is 16.6. The van der Waals surface area contributed by atoms with Crippen molar-refractivity contribution >= 4 is 37.7 Å². The van der Waals surface area contributed by atoms with Crippen LogP contribution in [-0.2, 0) is 29.6 Å². The van der Waals surface area contributed by atoms with E-state index in [1.54, 1.807) is 0 Å². The standard InChI is InChI=1S/C17H29N9O5S2.2C2HF3O2/c18-8-11-2-1-6-26(7-5-11)13-3-4-14(33(30,31)21-10-12(27)9-19)16(32(20,28)29)15(13)17-22-24-25-23-17;2*3-2(4,5)1(6)7/h3-4,11-12,21,27H,1-2,5-10,18-19H2,(H2,20,28,29)(H,22,23,24,25);2*(H,6,7). The lowest BCUT2D eigenvalue weighted by atomic mass is 10.0. The molecule has 0 amide bonds. The van der Waals surface area contributed by atoms with Crippen molar-refractivity contribution in [1.82, 2.24) is 25.3 Å².